The van der Waals surface area contributed by atoms with Crippen LogP contribution < -0.4 is 0 Å². The summed E-state index contributed by atoms with van der Waals surface area (Å²) in [6, 6.07) is 0. The first-order valence-corrected chi connectivity index (χ1v) is 1.89. The van der Waals surface area contributed by atoms with Crippen LogP contribution in [0.25, 0.3) is 0 Å². The molecule has 1 radical (unpaired) electrons. The highest BCUT2D eigenvalue weighted by atomic mass is 16.5. The monoisotopic (exact) mass is 69.1 g/mol. The lowest BCUT2D eigenvalue weighted by molar-refractivity contribution is 0.214. The molecule has 0 N–H and O–H groups in total. The average molecular weight is 68.9 g/mol. The minimum atomic E-state index is 0.875. The predicted octanol–water partition coefficient (Wildman–Crippen LogP) is 0.0966. The number of ether oxygens (including phenoxy) is 1. The van der Waals surface area contributed by atoms with Gasteiger partial charge in [-0.15, -0.1) is 0 Å². The van der Waals surface area contributed by atoms with Gasteiger partial charge in [0.2, 0.25) is 0 Å². The van der Waals surface area contributed by atoms with E-state index in [1.807, 2.05) is 0 Å². The molecule has 1 aliphatic heterocycles. The highest BCUT2D eigenvalue weighted by Crippen LogP contribution is 1.89. The van der Waals surface area contributed by atoms with Crippen LogP contribution in [0.1, 0.15) is 0 Å². The van der Waals surface area contributed by atoms with Gasteiger partial charge in [-0.3, -0.25) is 0 Å². The third kappa shape index (κ3) is 0.654. The van der Waals surface area contributed by atoms with E-state index in [4.69, 9.17) is 4.74 Å². The molecule has 0 atom stereocenters. The van der Waals surface area contributed by atoms with Gasteiger partial charge in [0.25, 0.3) is 0 Å². The van der Waals surface area contributed by atoms with Crippen LogP contribution >= 0.6 is 0 Å². The maximum atomic E-state index is 4.89. The van der Waals surface area contributed by atoms with Gasteiger partial charge in [0.05, 0.1) is 0 Å². The second-order valence-electron chi connectivity index (χ2n) is 1.15. The lowest BCUT2D eigenvalue weighted by Crippen LogP contribution is -1.83. The van der Waals surface area contributed by atoms with E-state index in [9.17, 15) is 0 Å². The fraction of sp³-hybridized carbons (Fsp3) is 1.00. The molecule has 0 aromatic heterocycles. The summed E-state index contributed by atoms with van der Waals surface area (Å²) in [4.78, 5) is 0. The molecule has 0 bridgehead atoms. The van der Waals surface area contributed by atoms with Crippen LogP contribution in [0.2, 0.25) is 6.32 Å². The summed E-state index contributed by atoms with van der Waals surface area (Å²) in [5.41, 5.74) is 0. The summed E-state index contributed by atoms with van der Waals surface area (Å²) < 4.78 is 4.89. The van der Waals surface area contributed by atoms with E-state index >= 15 is 0 Å². The van der Waals surface area contributed by atoms with Crippen molar-refractivity contribution in [2.75, 3.05) is 13.1 Å². The minimum absolute atomic E-state index is 0.875. The van der Waals surface area contributed by atoms with Gasteiger partial charge >= 0.3 is 0 Å². The van der Waals surface area contributed by atoms with E-state index < -0.39 is 0 Å². The Labute approximate surface area is 32.6 Å². The summed E-state index contributed by atoms with van der Waals surface area (Å²) in [5, 5.41) is 0. The summed E-state index contributed by atoms with van der Waals surface area (Å²) in [6.07, 6.45) is 1.15. The van der Waals surface area contributed by atoms with Crippen LogP contribution in [0.15, 0.2) is 0 Å². The second kappa shape index (κ2) is 1.46. The zero-order valence-electron chi connectivity index (χ0n) is 3.11. The molecule has 1 saturated heterocycles. The van der Waals surface area contributed by atoms with Crippen LogP contribution in [0, 0.1) is 0 Å². The highest BCUT2D eigenvalue weighted by Gasteiger charge is 1.97. The van der Waals surface area contributed by atoms with Crippen molar-refractivity contribution in [2.24, 2.45) is 0 Å². The van der Waals surface area contributed by atoms with Gasteiger partial charge in [-0.25, -0.2) is 0 Å². The van der Waals surface area contributed by atoms with Gasteiger partial charge in [-0.2, -0.15) is 0 Å². The third-order valence-corrected chi connectivity index (χ3v) is 0.702. The second-order valence-corrected chi connectivity index (χ2v) is 1.15. The van der Waals surface area contributed by atoms with Crippen molar-refractivity contribution in [3.05, 3.63) is 0 Å². The molecule has 0 aliphatic carbocycles. The van der Waals surface area contributed by atoms with Gasteiger partial charge in [0.15, 0.2) is 0 Å². The first-order valence-electron chi connectivity index (χ1n) is 1.89. The van der Waals surface area contributed by atoms with E-state index in [1.54, 1.807) is 0 Å². The molecule has 0 amide bonds. The van der Waals surface area contributed by atoms with Crippen molar-refractivity contribution in [3.8, 4) is 0 Å². The minimum Gasteiger partial charge on any atom is -0.391 e. The fourth-order valence-electron chi connectivity index (χ4n) is 0.417. The van der Waals surface area contributed by atoms with Crippen LogP contribution in [0.5, 0.6) is 0 Å². The highest BCUT2D eigenvalue weighted by molar-refractivity contribution is 6.36. The maximum absolute atomic E-state index is 4.89. The molecule has 1 rings (SSSR count). The van der Waals surface area contributed by atoms with Crippen molar-refractivity contribution < 1.29 is 4.74 Å². The van der Waals surface area contributed by atoms with Crippen molar-refractivity contribution in [2.45, 2.75) is 6.32 Å². The summed E-state index contributed by atoms with van der Waals surface area (Å²) in [5.74, 6) is 0. The Hall–Kier alpha value is 0.0249. The Morgan fingerprint density at radius 2 is 2.60 bits per heavy atom. The SMILES string of the molecule is [B]1CCOC1. The van der Waals surface area contributed by atoms with E-state index in [0.29, 0.717) is 0 Å². The van der Waals surface area contributed by atoms with Gasteiger partial charge in [-0.05, 0) is 0 Å². The Morgan fingerprint density at radius 3 is 2.80 bits per heavy atom. The van der Waals surface area contributed by atoms with Crippen molar-refractivity contribution in [3.63, 3.8) is 0 Å². The first kappa shape index (κ1) is 3.22. The van der Waals surface area contributed by atoms with E-state index in [0.717, 1.165) is 19.4 Å². The molecule has 27 valence electrons. The first-order chi connectivity index (χ1) is 2.50. The van der Waals surface area contributed by atoms with E-state index in [2.05, 4.69) is 7.28 Å². The molecule has 0 spiro atoms. The molecule has 1 nitrogen and oxygen atoms in total. The van der Waals surface area contributed by atoms with Crippen molar-refractivity contribution in [1.82, 2.24) is 0 Å². The standard InChI is InChI=1S/C3H6BO/c1-2-5-3-4-1/h1-3H2. The lowest BCUT2D eigenvalue weighted by Gasteiger charge is -1.77. The molecule has 5 heavy (non-hydrogen) atoms. The normalized spacial score (nSPS) is 22.4. The smallest absolute Gasteiger partial charge is 0.147 e. The summed E-state index contributed by atoms with van der Waals surface area (Å²) in [7, 11) is 2.14. The van der Waals surface area contributed by atoms with Crippen LogP contribution in [-0.2, 0) is 4.74 Å². The molecule has 2 heteroatoms. The summed E-state index contributed by atoms with van der Waals surface area (Å²) >= 11 is 0. The predicted molar refractivity (Wildman–Crippen MR) is 21.4 cm³/mol. The molecule has 1 heterocycles. The molecular formula is C3H6BO. The van der Waals surface area contributed by atoms with E-state index in [1.165, 1.54) is 0 Å². The number of rotatable bonds is 0. The van der Waals surface area contributed by atoms with E-state index in [-0.39, 0.29) is 0 Å². The number of hydrogen-bond acceptors (Lipinski definition) is 1. The Morgan fingerprint density at radius 1 is 1.60 bits per heavy atom. The van der Waals surface area contributed by atoms with Gasteiger partial charge < -0.3 is 4.74 Å². The van der Waals surface area contributed by atoms with Crippen molar-refractivity contribution in [1.29, 1.82) is 0 Å². The van der Waals surface area contributed by atoms with Gasteiger partial charge in [0.1, 0.15) is 7.28 Å². The molecule has 0 saturated carbocycles. The van der Waals surface area contributed by atoms with Gasteiger partial charge in [0, 0.05) is 13.1 Å². The lowest BCUT2D eigenvalue weighted by atomic mass is 9.79. The molecule has 0 unspecified atom stereocenters. The average Bonchev–Trinajstić information content (AvgIpc) is 1.76. The molecule has 1 fully saturated rings. The Bertz CT molecular complexity index is 18.5. The summed E-state index contributed by atoms with van der Waals surface area (Å²) in [6.45, 7) is 1.82. The number of hydrogen-bond donors (Lipinski definition) is 0. The van der Waals surface area contributed by atoms with Crippen LogP contribution in [0.3, 0.4) is 0 Å². The Kier molecular flexibility index (Phi) is 0.940. The molecule has 1 aliphatic rings. The zero-order chi connectivity index (χ0) is 3.54. The quantitative estimate of drug-likeness (QED) is 0.366. The topological polar surface area (TPSA) is 9.23 Å². The third-order valence-electron chi connectivity index (χ3n) is 0.702. The van der Waals surface area contributed by atoms with Crippen LogP contribution in [0.4, 0.5) is 0 Å². The fourth-order valence-corrected chi connectivity index (χ4v) is 0.417. The largest absolute Gasteiger partial charge is 0.391 e. The molecule has 0 aromatic carbocycles. The van der Waals surface area contributed by atoms with Gasteiger partial charge in [-0.1, -0.05) is 6.32 Å². The zero-order valence-corrected chi connectivity index (χ0v) is 3.11. The maximum Gasteiger partial charge on any atom is 0.147 e. The van der Waals surface area contributed by atoms with Crippen LogP contribution in [-0.4, -0.2) is 20.4 Å². The van der Waals surface area contributed by atoms with Crippen molar-refractivity contribution >= 4 is 7.28 Å². The Balaban J connectivity index is 2.08. The molecular weight excluding hydrogens is 62.8 g/mol. The molecule has 0 aromatic rings.